The number of likely N-dealkylation sites (N-methyl/N-ethyl adjacent to an activating group) is 1. The number of anilines is 1. The van der Waals surface area contributed by atoms with Crippen molar-refractivity contribution in [2.75, 3.05) is 39.6 Å². The molecule has 0 saturated carbocycles. The van der Waals surface area contributed by atoms with Crippen LogP contribution < -0.4 is 15.1 Å². The molecule has 2 aromatic carbocycles. The van der Waals surface area contributed by atoms with Crippen molar-refractivity contribution in [3.8, 4) is 0 Å². The second-order valence-electron chi connectivity index (χ2n) is 6.63. The van der Waals surface area contributed by atoms with Crippen molar-refractivity contribution in [3.05, 3.63) is 69.8 Å². The minimum Gasteiger partial charge on any atom is -0.378 e. The van der Waals surface area contributed by atoms with E-state index in [9.17, 15) is 14.9 Å². The van der Waals surface area contributed by atoms with Crippen molar-refractivity contribution in [2.45, 2.75) is 6.04 Å². The van der Waals surface area contributed by atoms with Crippen molar-refractivity contribution < 1.29 is 14.6 Å². The molecule has 2 aromatic rings. The number of benzene rings is 2. The Labute approximate surface area is 153 Å². The first-order valence-electron chi connectivity index (χ1n) is 8.39. The van der Waals surface area contributed by atoms with Crippen molar-refractivity contribution in [1.82, 2.24) is 5.32 Å². The summed E-state index contributed by atoms with van der Waals surface area (Å²) in [7, 11) is 8.08. The standard InChI is InChI=1S/C19H24N4O3/c1-21(2)16-9-5-14(6-10-16)18(22(3)4)13-20-19(24)15-7-11-17(12-8-15)23(25)26/h5-12,18H,13H2,1-4H3,(H,20,24)/p+1/t18-/m1/s1. The molecule has 0 radical (unpaired) electrons. The normalized spacial score (nSPS) is 11.9. The van der Waals surface area contributed by atoms with Crippen molar-refractivity contribution in [2.24, 2.45) is 0 Å². The quantitative estimate of drug-likeness (QED) is 0.578. The van der Waals surface area contributed by atoms with Crippen LogP contribution in [0.3, 0.4) is 0 Å². The molecule has 0 aliphatic carbocycles. The van der Waals surface area contributed by atoms with E-state index in [0.717, 1.165) is 11.3 Å². The van der Waals surface area contributed by atoms with E-state index in [2.05, 4.69) is 29.6 Å². The second kappa shape index (κ2) is 8.44. The minimum absolute atomic E-state index is 0.0295. The van der Waals surface area contributed by atoms with Gasteiger partial charge in [0.1, 0.15) is 6.04 Å². The molecule has 2 rings (SSSR count). The van der Waals surface area contributed by atoms with Crippen LogP contribution in [-0.4, -0.2) is 45.6 Å². The molecule has 7 heteroatoms. The molecule has 1 atom stereocenters. The third-order valence-electron chi connectivity index (χ3n) is 4.32. The SMILES string of the molecule is CN(C)c1ccc([C@@H](CNC(=O)c2ccc([N+](=O)[O-])cc2)[NH+](C)C)cc1. The Morgan fingerprint density at radius 1 is 1.12 bits per heavy atom. The molecule has 0 bridgehead atoms. The van der Waals surface area contributed by atoms with E-state index >= 15 is 0 Å². The highest BCUT2D eigenvalue weighted by atomic mass is 16.6. The zero-order valence-corrected chi connectivity index (χ0v) is 15.5. The van der Waals surface area contributed by atoms with E-state index < -0.39 is 4.92 Å². The van der Waals surface area contributed by atoms with E-state index in [1.165, 1.54) is 29.2 Å². The number of nitrogens with one attached hydrogen (secondary N) is 2. The largest absolute Gasteiger partial charge is 0.378 e. The Kier molecular flexibility index (Phi) is 6.30. The minimum atomic E-state index is -0.482. The highest BCUT2D eigenvalue weighted by Gasteiger charge is 2.19. The van der Waals surface area contributed by atoms with Gasteiger partial charge in [0.05, 0.1) is 25.6 Å². The van der Waals surface area contributed by atoms with Gasteiger partial charge in [-0.15, -0.1) is 0 Å². The first-order chi connectivity index (χ1) is 12.3. The highest BCUT2D eigenvalue weighted by molar-refractivity contribution is 5.94. The lowest BCUT2D eigenvalue weighted by Gasteiger charge is -2.23. The second-order valence-corrected chi connectivity index (χ2v) is 6.63. The van der Waals surface area contributed by atoms with Gasteiger partial charge in [-0.3, -0.25) is 14.9 Å². The van der Waals surface area contributed by atoms with Gasteiger partial charge in [-0.1, -0.05) is 12.1 Å². The fourth-order valence-electron chi connectivity index (χ4n) is 2.69. The number of hydrogen-bond donors (Lipinski definition) is 2. The van der Waals surface area contributed by atoms with Gasteiger partial charge in [0.2, 0.25) is 0 Å². The number of hydrogen-bond acceptors (Lipinski definition) is 4. The molecule has 0 aromatic heterocycles. The van der Waals surface area contributed by atoms with Gasteiger partial charge in [-0.25, -0.2) is 0 Å². The Balaban J connectivity index is 2.05. The average Bonchev–Trinajstić information content (AvgIpc) is 2.62. The van der Waals surface area contributed by atoms with Gasteiger partial charge in [0.25, 0.3) is 11.6 Å². The maximum Gasteiger partial charge on any atom is 0.269 e. The lowest BCUT2D eigenvalue weighted by Crippen LogP contribution is -3.07. The summed E-state index contributed by atoms with van der Waals surface area (Å²) < 4.78 is 0. The van der Waals surface area contributed by atoms with Gasteiger partial charge in [-0.2, -0.15) is 0 Å². The molecule has 0 saturated heterocycles. The first-order valence-corrected chi connectivity index (χ1v) is 8.39. The lowest BCUT2D eigenvalue weighted by molar-refractivity contribution is -0.890. The van der Waals surface area contributed by atoms with Gasteiger partial charge in [-0.05, 0) is 24.3 Å². The Morgan fingerprint density at radius 2 is 1.69 bits per heavy atom. The average molecular weight is 357 g/mol. The van der Waals surface area contributed by atoms with E-state index in [1.807, 2.05) is 33.1 Å². The number of nitro groups is 1. The van der Waals surface area contributed by atoms with Crippen LogP contribution >= 0.6 is 0 Å². The zero-order chi connectivity index (χ0) is 19.3. The summed E-state index contributed by atoms with van der Waals surface area (Å²) in [4.78, 5) is 25.8. The fourth-order valence-corrected chi connectivity index (χ4v) is 2.69. The summed E-state index contributed by atoms with van der Waals surface area (Å²) in [6.45, 7) is 0.472. The van der Waals surface area contributed by atoms with Gasteiger partial charge in [0.15, 0.2) is 0 Å². The number of nitro benzene ring substituents is 1. The van der Waals surface area contributed by atoms with Gasteiger partial charge in [0, 0.05) is 43.0 Å². The molecule has 138 valence electrons. The summed E-state index contributed by atoms with van der Waals surface area (Å²) in [5, 5.41) is 13.6. The summed E-state index contributed by atoms with van der Waals surface area (Å²) in [5.41, 5.74) is 2.64. The molecular weight excluding hydrogens is 332 g/mol. The lowest BCUT2D eigenvalue weighted by atomic mass is 10.0. The number of carbonyl (C=O) groups is 1. The molecule has 2 N–H and O–H groups in total. The maximum absolute atomic E-state index is 12.3. The summed E-state index contributed by atoms with van der Waals surface area (Å²) >= 11 is 0. The van der Waals surface area contributed by atoms with Crippen LogP contribution in [0, 0.1) is 10.1 Å². The van der Waals surface area contributed by atoms with Crippen LogP contribution in [0.15, 0.2) is 48.5 Å². The summed E-state index contributed by atoms with van der Waals surface area (Å²) in [6.07, 6.45) is 0. The molecule has 0 heterocycles. The van der Waals surface area contributed by atoms with Crippen LogP contribution in [0.25, 0.3) is 0 Å². The third kappa shape index (κ3) is 4.80. The van der Waals surface area contributed by atoms with Crippen molar-refractivity contribution >= 4 is 17.3 Å². The Morgan fingerprint density at radius 3 is 2.15 bits per heavy atom. The van der Waals surface area contributed by atoms with E-state index in [4.69, 9.17) is 0 Å². The number of rotatable bonds is 7. The van der Waals surface area contributed by atoms with Crippen LogP contribution in [0.2, 0.25) is 0 Å². The molecule has 0 aliphatic heterocycles. The number of nitrogens with zero attached hydrogens (tertiary/aromatic N) is 2. The number of carbonyl (C=O) groups excluding carboxylic acids is 1. The molecule has 0 aliphatic rings. The third-order valence-corrected chi connectivity index (χ3v) is 4.32. The molecule has 0 unspecified atom stereocenters. The molecule has 0 spiro atoms. The monoisotopic (exact) mass is 357 g/mol. The van der Waals surface area contributed by atoms with E-state index in [1.54, 1.807) is 0 Å². The van der Waals surface area contributed by atoms with Crippen molar-refractivity contribution in [3.63, 3.8) is 0 Å². The van der Waals surface area contributed by atoms with Crippen LogP contribution in [-0.2, 0) is 0 Å². The van der Waals surface area contributed by atoms with Crippen LogP contribution in [0.1, 0.15) is 22.0 Å². The van der Waals surface area contributed by atoms with Gasteiger partial charge >= 0.3 is 0 Å². The smallest absolute Gasteiger partial charge is 0.269 e. The fraction of sp³-hybridized carbons (Fsp3) is 0.316. The molecule has 0 fully saturated rings. The van der Waals surface area contributed by atoms with Crippen molar-refractivity contribution in [1.29, 1.82) is 0 Å². The van der Waals surface area contributed by atoms with E-state index in [-0.39, 0.29) is 17.6 Å². The topological polar surface area (TPSA) is 79.9 Å². The Hall–Kier alpha value is -2.93. The molecule has 1 amide bonds. The molecule has 7 nitrogen and oxygen atoms in total. The van der Waals surface area contributed by atoms with Crippen LogP contribution in [0.4, 0.5) is 11.4 Å². The number of amides is 1. The highest BCUT2D eigenvalue weighted by Crippen LogP contribution is 2.16. The maximum atomic E-state index is 12.3. The van der Waals surface area contributed by atoms with E-state index in [0.29, 0.717) is 12.1 Å². The first kappa shape index (κ1) is 19.4. The molecule has 26 heavy (non-hydrogen) atoms. The van der Waals surface area contributed by atoms with Crippen LogP contribution in [0.5, 0.6) is 0 Å². The predicted molar refractivity (Wildman–Crippen MR) is 102 cm³/mol. The summed E-state index contributed by atoms with van der Waals surface area (Å²) in [6, 6.07) is 14.0. The summed E-state index contributed by atoms with van der Waals surface area (Å²) in [5.74, 6) is -0.240. The molecular formula is C19H25N4O3+. The van der Waals surface area contributed by atoms with Gasteiger partial charge < -0.3 is 15.1 Å². The zero-order valence-electron chi connectivity index (χ0n) is 15.5. The number of non-ortho nitro benzene ring substituents is 1. The number of quaternary nitrogens is 1. The predicted octanol–water partition coefficient (Wildman–Crippen LogP) is 1.28. The Bertz CT molecular complexity index is 755.